The van der Waals surface area contributed by atoms with Crippen LogP contribution in [0.2, 0.25) is 0 Å². The Morgan fingerprint density at radius 1 is 1.67 bits per heavy atom. The van der Waals surface area contributed by atoms with Crippen LogP contribution in [0, 0.1) is 12.8 Å². The minimum Gasteiger partial charge on any atom is -0.481 e. The van der Waals surface area contributed by atoms with E-state index in [9.17, 15) is 4.79 Å². The molecule has 0 aliphatic heterocycles. The Kier molecular flexibility index (Phi) is 2.29. The maximum absolute atomic E-state index is 10.8. The van der Waals surface area contributed by atoms with Gasteiger partial charge in [-0.1, -0.05) is 6.92 Å². The molecule has 2 unspecified atom stereocenters. The lowest BCUT2D eigenvalue weighted by Crippen LogP contribution is -2.11. The summed E-state index contributed by atoms with van der Waals surface area (Å²) in [5, 5.41) is 13.3. The second kappa shape index (κ2) is 3.36. The van der Waals surface area contributed by atoms with Crippen molar-refractivity contribution in [2.24, 2.45) is 13.0 Å². The van der Waals surface area contributed by atoms with Gasteiger partial charge in [-0.05, 0) is 19.3 Å². The molecule has 1 aromatic heterocycles. The minimum absolute atomic E-state index is 0.145. The van der Waals surface area contributed by atoms with E-state index in [0.29, 0.717) is 5.92 Å². The maximum atomic E-state index is 10.8. The summed E-state index contributed by atoms with van der Waals surface area (Å²) >= 11 is 0. The van der Waals surface area contributed by atoms with Crippen molar-refractivity contribution in [3.05, 3.63) is 17.0 Å². The van der Waals surface area contributed by atoms with Crippen molar-refractivity contribution in [2.75, 3.05) is 0 Å². The average molecular weight is 208 g/mol. The van der Waals surface area contributed by atoms with Crippen LogP contribution in [0.3, 0.4) is 0 Å². The number of carboxylic acids is 1. The number of rotatable bonds is 2. The molecule has 1 heterocycles. The van der Waals surface area contributed by atoms with Crippen LogP contribution in [-0.2, 0) is 18.3 Å². The van der Waals surface area contributed by atoms with Crippen molar-refractivity contribution in [3.8, 4) is 0 Å². The van der Waals surface area contributed by atoms with Gasteiger partial charge in [0, 0.05) is 24.2 Å². The van der Waals surface area contributed by atoms with Gasteiger partial charge in [-0.15, -0.1) is 0 Å². The molecule has 2 rings (SSSR count). The minimum atomic E-state index is -0.719. The van der Waals surface area contributed by atoms with Gasteiger partial charge in [-0.25, -0.2) is 0 Å². The highest BCUT2D eigenvalue weighted by Crippen LogP contribution is 2.41. The molecule has 1 N–H and O–H groups in total. The SMILES string of the molecule is Cc1c2c(nn1C)CC(C)C2CC(=O)O. The molecular formula is C11H16N2O2. The maximum Gasteiger partial charge on any atom is 0.303 e. The highest BCUT2D eigenvalue weighted by atomic mass is 16.4. The lowest BCUT2D eigenvalue weighted by Gasteiger charge is -2.14. The number of carboxylic acid groups (broad SMARTS) is 1. The van der Waals surface area contributed by atoms with Crippen molar-refractivity contribution in [1.29, 1.82) is 0 Å². The second-order valence-electron chi connectivity index (χ2n) is 4.46. The van der Waals surface area contributed by atoms with Crippen molar-refractivity contribution in [1.82, 2.24) is 9.78 Å². The molecule has 1 aromatic rings. The van der Waals surface area contributed by atoms with E-state index in [0.717, 1.165) is 17.8 Å². The van der Waals surface area contributed by atoms with Gasteiger partial charge >= 0.3 is 5.97 Å². The molecule has 0 amide bonds. The number of aromatic nitrogens is 2. The van der Waals surface area contributed by atoms with Crippen molar-refractivity contribution >= 4 is 5.97 Å². The number of hydrogen-bond acceptors (Lipinski definition) is 2. The third-order valence-corrected chi connectivity index (χ3v) is 3.42. The lowest BCUT2D eigenvalue weighted by atomic mass is 9.90. The molecule has 0 aromatic carbocycles. The lowest BCUT2D eigenvalue weighted by molar-refractivity contribution is -0.137. The van der Waals surface area contributed by atoms with Crippen molar-refractivity contribution in [2.45, 2.75) is 32.6 Å². The summed E-state index contributed by atoms with van der Waals surface area (Å²) in [4.78, 5) is 10.8. The summed E-state index contributed by atoms with van der Waals surface area (Å²) in [5.41, 5.74) is 3.38. The quantitative estimate of drug-likeness (QED) is 0.800. The molecule has 0 saturated heterocycles. The van der Waals surface area contributed by atoms with Crippen LogP contribution in [-0.4, -0.2) is 20.9 Å². The highest BCUT2D eigenvalue weighted by molar-refractivity contribution is 5.68. The van der Waals surface area contributed by atoms with Gasteiger partial charge in [0.15, 0.2) is 0 Å². The Morgan fingerprint density at radius 2 is 2.33 bits per heavy atom. The normalized spacial score (nSPS) is 24.2. The van der Waals surface area contributed by atoms with Crippen LogP contribution < -0.4 is 0 Å². The molecular weight excluding hydrogens is 192 g/mol. The summed E-state index contributed by atoms with van der Waals surface area (Å²) in [6.45, 7) is 4.12. The number of fused-ring (bicyclic) bond motifs is 1. The number of nitrogens with zero attached hydrogens (tertiary/aromatic N) is 2. The van der Waals surface area contributed by atoms with Crippen LogP contribution in [0.15, 0.2) is 0 Å². The Bertz CT molecular complexity index is 409. The molecule has 0 spiro atoms. The van der Waals surface area contributed by atoms with Crippen LogP contribution in [0.25, 0.3) is 0 Å². The fourth-order valence-corrected chi connectivity index (χ4v) is 2.55. The van der Waals surface area contributed by atoms with Gasteiger partial charge in [0.25, 0.3) is 0 Å². The van der Waals surface area contributed by atoms with E-state index in [1.807, 2.05) is 18.7 Å². The number of hydrogen-bond donors (Lipinski definition) is 1. The predicted octanol–water partition coefficient (Wildman–Crippen LogP) is 1.48. The molecule has 82 valence electrons. The van der Waals surface area contributed by atoms with E-state index in [4.69, 9.17) is 5.11 Å². The zero-order valence-corrected chi connectivity index (χ0v) is 9.32. The van der Waals surface area contributed by atoms with Crippen molar-refractivity contribution in [3.63, 3.8) is 0 Å². The largest absolute Gasteiger partial charge is 0.481 e. The van der Waals surface area contributed by atoms with E-state index in [2.05, 4.69) is 12.0 Å². The Hall–Kier alpha value is -1.32. The first-order valence-electron chi connectivity index (χ1n) is 5.25. The van der Waals surface area contributed by atoms with Crippen LogP contribution in [0.5, 0.6) is 0 Å². The monoisotopic (exact) mass is 208 g/mol. The third-order valence-electron chi connectivity index (χ3n) is 3.42. The molecule has 1 aliphatic rings. The first-order chi connectivity index (χ1) is 7.00. The van der Waals surface area contributed by atoms with Gasteiger partial charge in [0.1, 0.15) is 0 Å². The van der Waals surface area contributed by atoms with E-state index in [1.54, 1.807) is 0 Å². The fourth-order valence-electron chi connectivity index (χ4n) is 2.55. The van der Waals surface area contributed by atoms with Gasteiger partial charge in [0.2, 0.25) is 0 Å². The zero-order valence-electron chi connectivity index (χ0n) is 9.32. The van der Waals surface area contributed by atoms with E-state index in [1.165, 1.54) is 5.56 Å². The third kappa shape index (κ3) is 1.54. The second-order valence-corrected chi connectivity index (χ2v) is 4.46. The summed E-state index contributed by atoms with van der Waals surface area (Å²) in [6.07, 6.45) is 1.13. The summed E-state index contributed by atoms with van der Waals surface area (Å²) < 4.78 is 1.85. The highest BCUT2D eigenvalue weighted by Gasteiger charge is 2.35. The van der Waals surface area contributed by atoms with Gasteiger partial charge in [0.05, 0.1) is 12.1 Å². The molecule has 0 radical (unpaired) electrons. The molecule has 15 heavy (non-hydrogen) atoms. The molecule has 4 heteroatoms. The summed E-state index contributed by atoms with van der Waals surface area (Å²) in [7, 11) is 1.91. The Labute approximate surface area is 88.9 Å². The van der Waals surface area contributed by atoms with Gasteiger partial charge in [-0.2, -0.15) is 5.10 Å². The van der Waals surface area contributed by atoms with Crippen LogP contribution in [0.1, 0.15) is 36.2 Å². The van der Waals surface area contributed by atoms with E-state index >= 15 is 0 Å². The van der Waals surface area contributed by atoms with E-state index in [-0.39, 0.29) is 12.3 Å². The van der Waals surface area contributed by atoms with Gasteiger partial charge in [-0.3, -0.25) is 9.48 Å². The average Bonchev–Trinajstić information content (AvgIpc) is 2.54. The van der Waals surface area contributed by atoms with Crippen LogP contribution >= 0.6 is 0 Å². The van der Waals surface area contributed by atoms with Crippen LogP contribution in [0.4, 0.5) is 0 Å². The zero-order chi connectivity index (χ0) is 11.2. The number of aliphatic carboxylic acids is 1. The standard InChI is InChI=1S/C11H16N2O2/c1-6-4-9-11(7(2)13(3)12-9)8(6)5-10(14)15/h6,8H,4-5H2,1-3H3,(H,14,15). The molecule has 4 nitrogen and oxygen atoms in total. The first-order valence-corrected chi connectivity index (χ1v) is 5.25. The Morgan fingerprint density at radius 3 is 2.93 bits per heavy atom. The summed E-state index contributed by atoms with van der Waals surface area (Å²) in [6, 6.07) is 0. The topological polar surface area (TPSA) is 55.1 Å². The molecule has 0 fully saturated rings. The molecule has 0 saturated carbocycles. The first kappa shape index (κ1) is 10.2. The van der Waals surface area contributed by atoms with Gasteiger partial charge < -0.3 is 5.11 Å². The van der Waals surface area contributed by atoms with E-state index < -0.39 is 5.97 Å². The molecule has 0 bridgehead atoms. The van der Waals surface area contributed by atoms with Crippen molar-refractivity contribution < 1.29 is 9.90 Å². The number of carbonyl (C=O) groups is 1. The number of aryl methyl sites for hydroxylation is 1. The fraction of sp³-hybridized carbons (Fsp3) is 0.636. The molecule has 1 aliphatic carbocycles. The Balaban J connectivity index is 2.38. The molecule has 2 atom stereocenters. The predicted molar refractivity (Wildman–Crippen MR) is 55.8 cm³/mol. The summed E-state index contributed by atoms with van der Waals surface area (Å²) in [5.74, 6) is -0.173. The smallest absolute Gasteiger partial charge is 0.303 e.